The molecule has 2 heteroatoms. The third kappa shape index (κ3) is 0.662. The Hall–Kier alpha value is -0.340. The molecule has 0 aliphatic heterocycles. The van der Waals surface area contributed by atoms with Gasteiger partial charge < -0.3 is 10.8 Å². The molecule has 2 bridgehead atoms. The van der Waals surface area contributed by atoms with E-state index >= 15 is 0 Å². The Morgan fingerprint density at radius 1 is 1.40 bits per heavy atom. The molecule has 0 spiro atoms. The number of allylic oxidation sites excluding steroid dienone is 1. The van der Waals surface area contributed by atoms with Crippen molar-refractivity contribution in [3.63, 3.8) is 0 Å². The van der Waals surface area contributed by atoms with Crippen molar-refractivity contribution in [1.29, 1.82) is 0 Å². The lowest BCUT2D eigenvalue weighted by Gasteiger charge is -2.21. The third-order valence-corrected chi connectivity index (χ3v) is 2.90. The molecule has 0 aromatic heterocycles. The maximum absolute atomic E-state index is 8.94. The summed E-state index contributed by atoms with van der Waals surface area (Å²) in [6, 6.07) is 0.222. The monoisotopic (exact) mass is 139 g/mol. The molecule has 4 atom stereocenters. The zero-order valence-electron chi connectivity index (χ0n) is 5.90. The molecule has 0 amide bonds. The van der Waals surface area contributed by atoms with Crippen LogP contribution in [0.4, 0.5) is 0 Å². The fourth-order valence-corrected chi connectivity index (χ4v) is 2.22. The molecule has 0 aromatic rings. The number of aliphatic hydroxyl groups is 1. The number of rotatable bonds is 1. The van der Waals surface area contributed by atoms with Crippen LogP contribution in [0.5, 0.6) is 0 Å². The Kier molecular flexibility index (Phi) is 1.32. The first-order valence-corrected chi connectivity index (χ1v) is 3.87. The lowest BCUT2D eigenvalue weighted by molar-refractivity contribution is 0.193. The lowest BCUT2D eigenvalue weighted by atomic mass is 9.90. The molecular weight excluding hydrogens is 126 g/mol. The van der Waals surface area contributed by atoms with E-state index < -0.39 is 0 Å². The topological polar surface area (TPSA) is 46.2 Å². The van der Waals surface area contributed by atoms with Crippen molar-refractivity contribution >= 4 is 0 Å². The number of fused-ring (bicyclic) bond motifs is 2. The van der Waals surface area contributed by atoms with Gasteiger partial charge in [0.15, 0.2) is 0 Å². The van der Waals surface area contributed by atoms with Crippen LogP contribution < -0.4 is 5.73 Å². The molecule has 2 aliphatic rings. The minimum atomic E-state index is 0.222. The first kappa shape index (κ1) is 6.38. The van der Waals surface area contributed by atoms with Gasteiger partial charge in [-0.3, -0.25) is 0 Å². The van der Waals surface area contributed by atoms with E-state index in [0.29, 0.717) is 17.8 Å². The Labute approximate surface area is 60.7 Å². The first-order chi connectivity index (χ1) is 4.83. The normalized spacial score (nSPS) is 50.6. The van der Waals surface area contributed by atoms with Crippen LogP contribution in [0.2, 0.25) is 0 Å². The van der Waals surface area contributed by atoms with Crippen molar-refractivity contribution in [3.8, 4) is 0 Å². The molecule has 3 N–H and O–H groups in total. The van der Waals surface area contributed by atoms with Gasteiger partial charge in [-0.1, -0.05) is 12.2 Å². The van der Waals surface area contributed by atoms with E-state index in [2.05, 4.69) is 12.2 Å². The van der Waals surface area contributed by atoms with E-state index in [0.717, 1.165) is 0 Å². The Morgan fingerprint density at radius 2 is 2.10 bits per heavy atom. The zero-order chi connectivity index (χ0) is 7.14. The van der Waals surface area contributed by atoms with Gasteiger partial charge in [-0.2, -0.15) is 0 Å². The minimum Gasteiger partial charge on any atom is -0.396 e. The SMILES string of the molecule is N[C@@H]1[C@H](CO)[C@@H]2C=C[C@H]1C2. The first-order valence-electron chi connectivity index (χ1n) is 3.87. The molecule has 56 valence electrons. The van der Waals surface area contributed by atoms with Crippen molar-refractivity contribution in [2.75, 3.05) is 6.61 Å². The minimum absolute atomic E-state index is 0.222. The maximum Gasteiger partial charge on any atom is 0.0479 e. The fourth-order valence-electron chi connectivity index (χ4n) is 2.22. The summed E-state index contributed by atoms with van der Waals surface area (Å²) in [5.41, 5.74) is 5.86. The second-order valence-corrected chi connectivity index (χ2v) is 3.37. The van der Waals surface area contributed by atoms with Gasteiger partial charge in [-0.15, -0.1) is 0 Å². The molecule has 2 aliphatic carbocycles. The van der Waals surface area contributed by atoms with Gasteiger partial charge in [0.1, 0.15) is 0 Å². The van der Waals surface area contributed by atoms with Gasteiger partial charge >= 0.3 is 0 Å². The molecule has 0 heterocycles. The quantitative estimate of drug-likeness (QED) is 0.507. The highest BCUT2D eigenvalue weighted by Crippen LogP contribution is 2.42. The van der Waals surface area contributed by atoms with Crippen molar-refractivity contribution in [2.24, 2.45) is 23.5 Å². The average molecular weight is 139 g/mol. The van der Waals surface area contributed by atoms with Crippen LogP contribution >= 0.6 is 0 Å². The second kappa shape index (κ2) is 2.07. The Balaban J connectivity index is 2.18. The second-order valence-electron chi connectivity index (χ2n) is 3.37. The highest BCUT2D eigenvalue weighted by molar-refractivity contribution is 5.15. The van der Waals surface area contributed by atoms with Gasteiger partial charge in [-0.25, -0.2) is 0 Å². The van der Waals surface area contributed by atoms with Crippen molar-refractivity contribution < 1.29 is 5.11 Å². The Morgan fingerprint density at radius 3 is 2.50 bits per heavy atom. The summed E-state index contributed by atoms with van der Waals surface area (Å²) in [5, 5.41) is 8.94. The van der Waals surface area contributed by atoms with Gasteiger partial charge in [0, 0.05) is 18.6 Å². The summed E-state index contributed by atoms with van der Waals surface area (Å²) in [5.74, 6) is 1.47. The summed E-state index contributed by atoms with van der Waals surface area (Å²) in [6.45, 7) is 0.257. The summed E-state index contributed by atoms with van der Waals surface area (Å²) in [7, 11) is 0. The van der Waals surface area contributed by atoms with Crippen LogP contribution in [0.3, 0.4) is 0 Å². The summed E-state index contributed by atoms with van der Waals surface area (Å²) in [4.78, 5) is 0. The lowest BCUT2D eigenvalue weighted by Crippen LogP contribution is -2.35. The number of hydrogen-bond donors (Lipinski definition) is 2. The van der Waals surface area contributed by atoms with E-state index in [1.807, 2.05) is 0 Å². The summed E-state index contributed by atoms with van der Waals surface area (Å²) < 4.78 is 0. The molecule has 0 unspecified atom stereocenters. The smallest absolute Gasteiger partial charge is 0.0479 e. The standard InChI is InChI=1S/C8H13NO/c9-8-6-2-1-5(3-6)7(8)4-10/h1-2,5-8,10H,3-4,9H2/t5-,6+,7-,8+/m1/s1. The zero-order valence-corrected chi connectivity index (χ0v) is 5.90. The van der Waals surface area contributed by atoms with E-state index in [9.17, 15) is 0 Å². The highest BCUT2D eigenvalue weighted by atomic mass is 16.3. The summed E-state index contributed by atoms with van der Waals surface area (Å²) >= 11 is 0. The predicted molar refractivity (Wildman–Crippen MR) is 39.3 cm³/mol. The van der Waals surface area contributed by atoms with Crippen LogP contribution in [-0.4, -0.2) is 17.8 Å². The molecule has 2 nitrogen and oxygen atoms in total. The van der Waals surface area contributed by atoms with Crippen LogP contribution in [-0.2, 0) is 0 Å². The molecule has 0 radical (unpaired) electrons. The maximum atomic E-state index is 8.94. The largest absolute Gasteiger partial charge is 0.396 e. The molecule has 10 heavy (non-hydrogen) atoms. The van der Waals surface area contributed by atoms with E-state index in [1.165, 1.54) is 6.42 Å². The molecule has 0 saturated heterocycles. The third-order valence-electron chi connectivity index (χ3n) is 2.90. The van der Waals surface area contributed by atoms with Crippen molar-refractivity contribution in [1.82, 2.24) is 0 Å². The van der Waals surface area contributed by atoms with Crippen LogP contribution in [0.25, 0.3) is 0 Å². The van der Waals surface area contributed by atoms with Gasteiger partial charge in [0.25, 0.3) is 0 Å². The summed E-state index contributed by atoms with van der Waals surface area (Å²) in [6.07, 6.45) is 5.57. The fraction of sp³-hybridized carbons (Fsp3) is 0.750. The molecule has 1 fully saturated rings. The molecule has 2 rings (SSSR count). The van der Waals surface area contributed by atoms with Gasteiger partial charge in [0.05, 0.1) is 0 Å². The van der Waals surface area contributed by atoms with Crippen LogP contribution in [0.1, 0.15) is 6.42 Å². The average Bonchev–Trinajstić information content (AvgIpc) is 2.46. The molecular formula is C8H13NO. The van der Waals surface area contributed by atoms with E-state index in [-0.39, 0.29) is 12.6 Å². The van der Waals surface area contributed by atoms with Gasteiger partial charge in [0.2, 0.25) is 0 Å². The van der Waals surface area contributed by atoms with E-state index in [4.69, 9.17) is 10.8 Å². The van der Waals surface area contributed by atoms with E-state index in [1.54, 1.807) is 0 Å². The highest BCUT2D eigenvalue weighted by Gasteiger charge is 2.41. The van der Waals surface area contributed by atoms with Crippen molar-refractivity contribution in [3.05, 3.63) is 12.2 Å². The van der Waals surface area contributed by atoms with Crippen molar-refractivity contribution in [2.45, 2.75) is 12.5 Å². The molecule has 1 saturated carbocycles. The Bertz CT molecular complexity index is 167. The van der Waals surface area contributed by atoms with Crippen LogP contribution in [0, 0.1) is 17.8 Å². The number of hydrogen-bond acceptors (Lipinski definition) is 2. The molecule has 0 aromatic carbocycles. The van der Waals surface area contributed by atoms with Gasteiger partial charge in [-0.05, 0) is 18.3 Å². The predicted octanol–water partition coefficient (Wildman–Crippen LogP) is 0.128. The number of aliphatic hydroxyl groups excluding tert-OH is 1. The van der Waals surface area contributed by atoms with Crippen LogP contribution in [0.15, 0.2) is 12.2 Å². The number of nitrogens with two attached hydrogens (primary N) is 1.